The molecule has 1 unspecified atom stereocenters. The number of methoxy groups -OCH3 is 1. The van der Waals surface area contributed by atoms with E-state index in [4.69, 9.17) is 32.7 Å². The fourth-order valence-electron chi connectivity index (χ4n) is 5.85. The molecule has 6 rings (SSSR count). The fourth-order valence-corrected chi connectivity index (χ4v) is 6.51. The predicted octanol–water partition coefficient (Wildman–Crippen LogP) is 5.38. The number of nitrogens with zero attached hydrogens (tertiary/aromatic N) is 3. The van der Waals surface area contributed by atoms with Gasteiger partial charge in [-0.25, -0.2) is 14.8 Å². The summed E-state index contributed by atoms with van der Waals surface area (Å²) in [6.45, 7) is 2.45. The molecule has 5 aromatic rings. The van der Waals surface area contributed by atoms with Crippen LogP contribution in [0.4, 0.5) is 4.79 Å². The van der Waals surface area contributed by atoms with Crippen molar-refractivity contribution < 1.29 is 24.2 Å². The van der Waals surface area contributed by atoms with Crippen LogP contribution in [-0.4, -0.2) is 63.8 Å². The molecule has 0 radical (unpaired) electrons. The van der Waals surface area contributed by atoms with Gasteiger partial charge in [0.15, 0.2) is 0 Å². The van der Waals surface area contributed by atoms with E-state index in [-0.39, 0.29) is 36.5 Å². The third kappa shape index (κ3) is 8.15. The molecule has 0 saturated carbocycles. The number of benzene rings is 2. The summed E-state index contributed by atoms with van der Waals surface area (Å²) >= 11 is 14.1. The first-order chi connectivity index (χ1) is 24.6. The Morgan fingerprint density at radius 3 is 2.47 bits per heavy atom. The first-order valence-corrected chi connectivity index (χ1v) is 17.1. The van der Waals surface area contributed by atoms with Crippen LogP contribution in [0.2, 0.25) is 10.0 Å². The SMILES string of the molecule is COc1nc(-c2cccc(-c3cccc(-c4ccn5c(=O)c(CNC[C@@H]6CCC(=O)N6)cnc5c4)c3Cl)c2Cl)ccc1COC(=O)NCC(C)O. The quantitative estimate of drug-likeness (QED) is 0.132. The van der Waals surface area contributed by atoms with E-state index in [9.17, 15) is 19.5 Å². The van der Waals surface area contributed by atoms with Crippen LogP contribution < -0.4 is 26.2 Å². The van der Waals surface area contributed by atoms with Gasteiger partial charge in [0.1, 0.15) is 12.3 Å². The van der Waals surface area contributed by atoms with E-state index >= 15 is 0 Å². The zero-order chi connectivity index (χ0) is 36.1. The summed E-state index contributed by atoms with van der Waals surface area (Å²) in [7, 11) is 1.47. The molecule has 2 amide bonds. The number of nitrogens with one attached hydrogen (secondary N) is 3. The van der Waals surface area contributed by atoms with Gasteiger partial charge in [-0.2, -0.15) is 0 Å². The first-order valence-electron chi connectivity index (χ1n) is 16.3. The summed E-state index contributed by atoms with van der Waals surface area (Å²) in [6.07, 6.45) is 3.20. The number of alkyl carbamates (subject to hydrolysis) is 1. The molecular weight excluding hydrogens is 695 g/mol. The first kappa shape index (κ1) is 35.8. The molecule has 1 aliphatic heterocycles. The maximum Gasteiger partial charge on any atom is 0.407 e. The highest BCUT2D eigenvalue weighted by atomic mass is 35.5. The minimum absolute atomic E-state index is 0.0512. The number of hydrogen-bond acceptors (Lipinski definition) is 9. The molecule has 12 nitrogen and oxygen atoms in total. The Labute approximate surface area is 303 Å². The zero-order valence-electron chi connectivity index (χ0n) is 27.9. The van der Waals surface area contributed by atoms with Gasteiger partial charge >= 0.3 is 6.09 Å². The standard InChI is InChI=1S/C37H36Cl2N6O6/c1-21(46)16-42-37(49)51-20-23-9-11-30(44-35(23)50-2)29-8-4-7-28(34(29)39)27-6-3-5-26(33(27)38)22-13-14-45-31(15-22)41-18-24(36(45)48)17-40-19-25-10-12-32(47)43-25/h3-9,11,13-15,18,21,25,40,46H,10,12,16-17,19-20H2,1-2H3,(H,42,49)(H,43,47)/t21?,25-/m0/s1. The van der Waals surface area contributed by atoms with Gasteiger partial charge in [-0.3, -0.25) is 14.0 Å². The lowest BCUT2D eigenvalue weighted by molar-refractivity contribution is -0.119. The number of amides is 2. The van der Waals surface area contributed by atoms with E-state index in [1.807, 2.05) is 48.5 Å². The van der Waals surface area contributed by atoms with Crippen molar-refractivity contribution in [2.45, 2.75) is 45.1 Å². The Hall–Kier alpha value is -5.01. The van der Waals surface area contributed by atoms with Crippen LogP contribution in [0, 0.1) is 0 Å². The van der Waals surface area contributed by atoms with E-state index in [1.165, 1.54) is 11.5 Å². The van der Waals surface area contributed by atoms with Crippen LogP contribution in [-0.2, 0) is 22.7 Å². The maximum atomic E-state index is 13.2. The van der Waals surface area contributed by atoms with Gasteiger partial charge in [0.05, 0.1) is 34.5 Å². The van der Waals surface area contributed by atoms with Crippen LogP contribution in [0.15, 0.2) is 77.9 Å². The minimum Gasteiger partial charge on any atom is -0.481 e. The van der Waals surface area contributed by atoms with Crippen molar-refractivity contribution in [1.29, 1.82) is 0 Å². The van der Waals surface area contributed by atoms with Crippen molar-refractivity contribution in [2.75, 3.05) is 20.2 Å². The summed E-state index contributed by atoms with van der Waals surface area (Å²) in [5, 5.41) is 18.9. The number of carbonyl (C=O) groups is 2. The molecule has 0 bridgehead atoms. The van der Waals surface area contributed by atoms with E-state index < -0.39 is 12.2 Å². The van der Waals surface area contributed by atoms with Crippen molar-refractivity contribution in [1.82, 2.24) is 30.3 Å². The zero-order valence-corrected chi connectivity index (χ0v) is 29.4. The second-order valence-corrected chi connectivity index (χ2v) is 12.9. The van der Waals surface area contributed by atoms with Crippen molar-refractivity contribution >= 4 is 40.8 Å². The molecule has 4 heterocycles. The summed E-state index contributed by atoms with van der Waals surface area (Å²) < 4.78 is 12.2. The average Bonchev–Trinajstić information content (AvgIpc) is 3.55. The van der Waals surface area contributed by atoms with Gasteiger partial charge < -0.3 is 30.5 Å². The molecule has 0 spiro atoms. The van der Waals surface area contributed by atoms with Crippen LogP contribution >= 0.6 is 23.2 Å². The van der Waals surface area contributed by atoms with Gasteiger partial charge in [0.2, 0.25) is 11.8 Å². The number of aromatic nitrogens is 3. The van der Waals surface area contributed by atoms with Crippen LogP contribution in [0.3, 0.4) is 0 Å². The predicted molar refractivity (Wildman–Crippen MR) is 195 cm³/mol. The van der Waals surface area contributed by atoms with E-state index in [2.05, 4.69) is 25.9 Å². The molecule has 1 saturated heterocycles. The summed E-state index contributed by atoms with van der Waals surface area (Å²) in [5.74, 6) is 0.319. The molecular formula is C37H36Cl2N6O6. The molecule has 2 atom stereocenters. The summed E-state index contributed by atoms with van der Waals surface area (Å²) in [4.78, 5) is 45.8. The molecule has 3 aromatic heterocycles. The van der Waals surface area contributed by atoms with E-state index in [0.29, 0.717) is 68.7 Å². The van der Waals surface area contributed by atoms with Gasteiger partial charge in [0, 0.05) is 72.3 Å². The smallest absolute Gasteiger partial charge is 0.407 e. The largest absolute Gasteiger partial charge is 0.481 e. The Morgan fingerprint density at radius 1 is 1.04 bits per heavy atom. The lowest BCUT2D eigenvalue weighted by Gasteiger charge is -2.15. The molecule has 264 valence electrons. The summed E-state index contributed by atoms with van der Waals surface area (Å²) in [5.41, 5.74) is 5.44. The van der Waals surface area contributed by atoms with Crippen molar-refractivity contribution in [3.63, 3.8) is 0 Å². The third-order valence-electron chi connectivity index (χ3n) is 8.48. The topological polar surface area (TPSA) is 156 Å². The van der Waals surface area contributed by atoms with E-state index in [1.54, 1.807) is 31.5 Å². The minimum atomic E-state index is -0.697. The Morgan fingerprint density at radius 2 is 1.76 bits per heavy atom. The fraction of sp³-hybridized carbons (Fsp3) is 0.270. The van der Waals surface area contributed by atoms with Crippen molar-refractivity contribution in [3.05, 3.63) is 105 Å². The highest BCUT2D eigenvalue weighted by molar-refractivity contribution is 6.39. The average molecular weight is 732 g/mol. The molecule has 1 aliphatic rings. The second-order valence-electron chi connectivity index (χ2n) is 12.2. The second kappa shape index (κ2) is 15.9. The Bertz CT molecular complexity index is 2160. The highest BCUT2D eigenvalue weighted by Gasteiger charge is 2.21. The molecule has 2 aromatic carbocycles. The summed E-state index contributed by atoms with van der Waals surface area (Å²) in [6, 6.07) is 18.5. The van der Waals surface area contributed by atoms with Crippen molar-refractivity contribution in [2.24, 2.45) is 0 Å². The number of ether oxygens (including phenoxy) is 2. The monoisotopic (exact) mass is 730 g/mol. The molecule has 51 heavy (non-hydrogen) atoms. The number of aliphatic hydroxyl groups is 1. The van der Waals surface area contributed by atoms with Crippen LogP contribution in [0.5, 0.6) is 5.88 Å². The highest BCUT2D eigenvalue weighted by Crippen LogP contribution is 2.42. The lowest BCUT2D eigenvalue weighted by atomic mass is 9.97. The lowest BCUT2D eigenvalue weighted by Crippen LogP contribution is -2.36. The molecule has 4 N–H and O–H groups in total. The number of rotatable bonds is 12. The van der Waals surface area contributed by atoms with Gasteiger partial charge in [-0.05, 0) is 43.2 Å². The molecule has 1 fully saturated rings. The Balaban J connectivity index is 1.22. The van der Waals surface area contributed by atoms with Gasteiger partial charge in [0.25, 0.3) is 5.56 Å². The van der Waals surface area contributed by atoms with Gasteiger partial charge in [-0.1, -0.05) is 59.6 Å². The number of aliphatic hydroxyl groups excluding tert-OH is 1. The Kier molecular flexibility index (Phi) is 11.2. The third-order valence-corrected chi connectivity index (χ3v) is 9.29. The van der Waals surface area contributed by atoms with Crippen LogP contribution in [0.1, 0.15) is 30.9 Å². The number of fused-ring (bicyclic) bond motifs is 1. The van der Waals surface area contributed by atoms with E-state index in [0.717, 1.165) is 17.5 Å². The maximum absolute atomic E-state index is 13.2. The number of hydrogen-bond donors (Lipinski definition) is 4. The number of carbonyl (C=O) groups excluding carboxylic acids is 2. The molecule has 14 heteroatoms. The van der Waals surface area contributed by atoms with Gasteiger partial charge in [-0.15, -0.1) is 0 Å². The molecule has 0 aliphatic carbocycles. The number of pyridine rings is 2. The number of halogens is 2. The van der Waals surface area contributed by atoms with Crippen LogP contribution in [0.25, 0.3) is 39.2 Å². The van der Waals surface area contributed by atoms with Crippen molar-refractivity contribution in [3.8, 4) is 39.4 Å². The normalized spacial score (nSPS) is 14.7.